The number of fused-ring (bicyclic) bond motifs is 1. The van der Waals surface area contributed by atoms with Crippen LogP contribution in [-0.2, 0) is 38.1 Å². The van der Waals surface area contributed by atoms with Crippen LogP contribution in [0.2, 0.25) is 0 Å². The van der Waals surface area contributed by atoms with Gasteiger partial charge < -0.3 is 29.2 Å². The van der Waals surface area contributed by atoms with Crippen molar-refractivity contribution >= 4 is 23.9 Å². The normalized spacial score (nSPS) is 28.2. The summed E-state index contributed by atoms with van der Waals surface area (Å²) < 4.78 is 21.2. The third kappa shape index (κ3) is 4.90. The minimum absolute atomic E-state index is 0.0529. The molecule has 2 N–H and O–H groups in total. The summed E-state index contributed by atoms with van der Waals surface area (Å²) >= 11 is 0. The Morgan fingerprint density at radius 1 is 0.750 bits per heavy atom. The summed E-state index contributed by atoms with van der Waals surface area (Å²) in [5.41, 5.74) is 0. The summed E-state index contributed by atoms with van der Waals surface area (Å²) in [5.74, 6) is -3.54. The van der Waals surface area contributed by atoms with Gasteiger partial charge in [0.1, 0.15) is 12.2 Å². The van der Waals surface area contributed by atoms with Crippen molar-refractivity contribution in [2.24, 2.45) is 0 Å². The fraction of sp³-hybridized carbons (Fsp3) is 0.714. The summed E-state index contributed by atoms with van der Waals surface area (Å²) in [4.78, 5) is 44.0. The highest BCUT2D eigenvalue weighted by atomic mass is 16.7. The zero-order valence-electron chi connectivity index (χ0n) is 12.7. The predicted molar refractivity (Wildman–Crippen MR) is 73.0 cm³/mol. The average Bonchev–Trinajstić information content (AvgIpc) is 3.07. The molecular formula is C14H18O10. The van der Waals surface area contributed by atoms with E-state index >= 15 is 0 Å². The molecule has 0 bridgehead atoms. The first-order valence-corrected chi connectivity index (χ1v) is 7.42. The minimum atomic E-state index is -1.10. The van der Waals surface area contributed by atoms with Gasteiger partial charge in [-0.25, -0.2) is 0 Å². The van der Waals surface area contributed by atoms with Gasteiger partial charge in [-0.3, -0.25) is 19.2 Å². The van der Waals surface area contributed by atoms with Crippen LogP contribution in [0.25, 0.3) is 0 Å². The molecule has 2 heterocycles. The molecule has 10 heteroatoms. The van der Waals surface area contributed by atoms with Gasteiger partial charge in [-0.15, -0.1) is 0 Å². The average molecular weight is 346 g/mol. The van der Waals surface area contributed by atoms with Crippen molar-refractivity contribution in [1.82, 2.24) is 0 Å². The van der Waals surface area contributed by atoms with E-state index in [1.54, 1.807) is 0 Å². The lowest BCUT2D eigenvalue weighted by atomic mass is 10.1. The number of hydrogen-bond donors (Lipinski definition) is 2. The van der Waals surface area contributed by atoms with Gasteiger partial charge >= 0.3 is 23.9 Å². The van der Waals surface area contributed by atoms with Gasteiger partial charge in [-0.2, -0.15) is 0 Å². The van der Waals surface area contributed by atoms with Crippen molar-refractivity contribution in [2.45, 2.75) is 50.1 Å². The number of hydrogen-bond acceptors (Lipinski definition) is 8. The Morgan fingerprint density at radius 3 is 1.46 bits per heavy atom. The van der Waals surface area contributed by atoms with Crippen LogP contribution in [0.5, 0.6) is 0 Å². The number of aliphatic carboxylic acids is 2. The smallest absolute Gasteiger partial charge is 0.306 e. The topological polar surface area (TPSA) is 146 Å². The number of carbonyl (C=O) groups excluding carboxylic acids is 2. The van der Waals surface area contributed by atoms with Crippen LogP contribution < -0.4 is 0 Å². The van der Waals surface area contributed by atoms with Crippen LogP contribution >= 0.6 is 0 Å². The molecule has 2 saturated heterocycles. The van der Waals surface area contributed by atoms with Crippen molar-refractivity contribution in [3.63, 3.8) is 0 Å². The van der Waals surface area contributed by atoms with Crippen molar-refractivity contribution in [1.29, 1.82) is 0 Å². The maximum absolute atomic E-state index is 11.6. The Labute approximate surface area is 136 Å². The van der Waals surface area contributed by atoms with Gasteiger partial charge in [-0.1, -0.05) is 0 Å². The molecule has 0 aromatic heterocycles. The summed E-state index contributed by atoms with van der Waals surface area (Å²) in [7, 11) is 0. The molecule has 0 spiro atoms. The molecule has 10 nitrogen and oxygen atoms in total. The molecule has 134 valence electrons. The van der Waals surface area contributed by atoms with E-state index in [0.717, 1.165) is 0 Å². The maximum atomic E-state index is 11.6. The largest absolute Gasteiger partial charge is 0.481 e. The van der Waals surface area contributed by atoms with Crippen LogP contribution in [0, 0.1) is 0 Å². The zero-order chi connectivity index (χ0) is 17.7. The van der Waals surface area contributed by atoms with E-state index in [0.29, 0.717) is 0 Å². The highest BCUT2D eigenvalue weighted by molar-refractivity contribution is 5.77. The van der Waals surface area contributed by atoms with Crippen molar-refractivity contribution in [2.75, 3.05) is 13.2 Å². The van der Waals surface area contributed by atoms with Crippen LogP contribution in [0.1, 0.15) is 25.7 Å². The first-order valence-electron chi connectivity index (χ1n) is 7.42. The number of esters is 2. The van der Waals surface area contributed by atoms with Gasteiger partial charge in [0.2, 0.25) is 0 Å². The van der Waals surface area contributed by atoms with E-state index in [1.807, 2.05) is 0 Å². The summed E-state index contributed by atoms with van der Waals surface area (Å²) in [6.07, 6.45) is -3.76. The van der Waals surface area contributed by atoms with Gasteiger partial charge in [-0.05, 0) is 0 Å². The molecule has 0 saturated carbocycles. The SMILES string of the molecule is O=C(O)CCC(=O)O[C@@H]1CO[C@H]2[C@@H]1OC[C@H]2OC(=O)CCC(=O)O. The Morgan fingerprint density at radius 2 is 1.12 bits per heavy atom. The highest BCUT2D eigenvalue weighted by Gasteiger charge is 2.51. The lowest BCUT2D eigenvalue weighted by Gasteiger charge is -2.17. The van der Waals surface area contributed by atoms with E-state index < -0.39 is 48.3 Å². The lowest BCUT2D eigenvalue weighted by Crippen LogP contribution is -2.36. The number of carboxylic acids is 2. The zero-order valence-corrected chi connectivity index (χ0v) is 12.7. The molecule has 0 unspecified atom stereocenters. The molecule has 2 rings (SSSR count). The number of rotatable bonds is 8. The van der Waals surface area contributed by atoms with E-state index in [4.69, 9.17) is 29.2 Å². The van der Waals surface area contributed by atoms with Crippen LogP contribution in [0.4, 0.5) is 0 Å². The summed E-state index contributed by atoms with van der Waals surface area (Å²) in [6.45, 7) is 0.106. The number of carbonyl (C=O) groups is 4. The molecule has 2 fully saturated rings. The van der Waals surface area contributed by atoms with Gasteiger partial charge in [0, 0.05) is 0 Å². The van der Waals surface area contributed by atoms with E-state index in [9.17, 15) is 19.2 Å². The van der Waals surface area contributed by atoms with Crippen molar-refractivity contribution in [3.8, 4) is 0 Å². The molecule has 24 heavy (non-hydrogen) atoms. The van der Waals surface area contributed by atoms with Crippen LogP contribution in [0.3, 0.4) is 0 Å². The standard InChI is InChI=1S/C14H18O10/c15-9(16)1-3-11(19)23-7-5-21-14-8(6-22-13(7)14)24-12(20)4-2-10(17)18/h7-8,13-14H,1-6H2,(H,15,16)(H,17,18)/t7-,8-,13-,14-/m1/s1. The molecule has 0 aromatic rings. The van der Waals surface area contributed by atoms with E-state index in [-0.39, 0.29) is 38.9 Å². The predicted octanol–water partition coefficient (Wildman–Crippen LogP) is -0.663. The number of carboxylic acid groups (broad SMARTS) is 2. The third-order valence-corrected chi connectivity index (χ3v) is 3.61. The number of ether oxygens (including phenoxy) is 4. The van der Waals surface area contributed by atoms with Gasteiger partial charge in [0.15, 0.2) is 12.2 Å². The fourth-order valence-electron chi connectivity index (χ4n) is 2.50. The Bertz CT molecular complexity index is 470. The molecule has 0 aromatic carbocycles. The maximum Gasteiger partial charge on any atom is 0.306 e. The molecule has 2 aliphatic heterocycles. The van der Waals surface area contributed by atoms with Crippen LogP contribution in [-0.4, -0.2) is 71.7 Å². The first kappa shape index (κ1) is 18.1. The Balaban J connectivity index is 1.78. The third-order valence-electron chi connectivity index (χ3n) is 3.61. The van der Waals surface area contributed by atoms with Gasteiger partial charge in [0.05, 0.1) is 38.9 Å². The molecule has 0 amide bonds. The van der Waals surface area contributed by atoms with Crippen molar-refractivity contribution < 1.29 is 48.3 Å². The minimum Gasteiger partial charge on any atom is -0.481 e. The van der Waals surface area contributed by atoms with Crippen molar-refractivity contribution in [3.05, 3.63) is 0 Å². The van der Waals surface area contributed by atoms with E-state index in [2.05, 4.69) is 0 Å². The second-order valence-corrected chi connectivity index (χ2v) is 5.44. The lowest BCUT2D eigenvalue weighted by molar-refractivity contribution is -0.157. The highest BCUT2D eigenvalue weighted by Crippen LogP contribution is 2.31. The summed E-state index contributed by atoms with van der Waals surface area (Å²) in [5, 5.41) is 17.1. The quantitative estimate of drug-likeness (QED) is 0.543. The Kier molecular flexibility index (Phi) is 6.10. The monoisotopic (exact) mass is 346 g/mol. The molecular weight excluding hydrogens is 328 g/mol. The molecule has 0 aliphatic carbocycles. The Hall–Kier alpha value is -2.20. The molecule has 0 radical (unpaired) electrons. The van der Waals surface area contributed by atoms with E-state index in [1.165, 1.54) is 0 Å². The first-order chi connectivity index (χ1) is 11.4. The second kappa shape index (κ2) is 8.06. The second-order valence-electron chi connectivity index (χ2n) is 5.44. The molecule has 4 atom stereocenters. The summed E-state index contributed by atoms with van der Waals surface area (Å²) in [6, 6.07) is 0. The molecule has 2 aliphatic rings. The fourth-order valence-corrected chi connectivity index (χ4v) is 2.50. The van der Waals surface area contributed by atoms with Crippen LogP contribution in [0.15, 0.2) is 0 Å². The van der Waals surface area contributed by atoms with Gasteiger partial charge in [0.25, 0.3) is 0 Å².